The van der Waals surface area contributed by atoms with Crippen LogP contribution in [-0.2, 0) is 6.42 Å². The highest BCUT2D eigenvalue weighted by atomic mass is 35.5. The number of hydrogen-bond acceptors (Lipinski definition) is 2. The molecule has 0 atom stereocenters. The SMILES string of the molecule is Cc1ccccc1Oc1ccc2c(c1)CCC=C2CN.Cl. The summed E-state index contributed by atoms with van der Waals surface area (Å²) < 4.78 is 5.99. The Bertz CT molecular complexity index is 664. The highest BCUT2D eigenvalue weighted by molar-refractivity contribution is 5.85. The molecule has 0 radical (unpaired) electrons. The van der Waals surface area contributed by atoms with Gasteiger partial charge in [0.25, 0.3) is 0 Å². The van der Waals surface area contributed by atoms with Crippen molar-refractivity contribution in [3.05, 3.63) is 65.2 Å². The summed E-state index contributed by atoms with van der Waals surface area (Å²) in [6, 6.07) is 14.4. The average molecular weight is 302 g/mol. The molecule has 0 aromatic heterocycles. The normalized spacial score (nSPS) is 13.0. The molecule has 110 valence electrons. The second-order valence-corrected chi connectivity index (χ2v) is 5.16. The van der Waals surface area contributed by atoms with Crippen LogP contribution in [0.3, 0.4) is 0 Å². The largest absolute Gasteiger partial charge is 0.457 e. The third-order valence-corrected chi connectivity index (χ3v) is 3.77. The minimum Gasteiger partial charge on any atom is -0.457 e. The number of ether oxygens (including phenoxy) is 1. The molecule has 0 aliphatic heterocycles. The van der Waals surface area contributed by atoms with Crippen molar-refractivity contribution < 1.29 is 4.74 Å². The van der Waals surface area contributed by atoms with E-state index in [0.29, 0.717) is 6.54 Å². The summed E-state index contributed by atoms with van der Waals surface area (Å²) in [5.74, 6) is 1.81. The molecular formula is C18H20ClNO. The fourth-order valence-electron chi connectivity index (χ4n) is 2.66. The van der Waals surface area contributed by atoms with Gasteiger partial charge in [-0.3, -0.25) is 0 Å². The standard InChI is InChI=1S/C18H19NO.ClH/c1-13-5-2-3-8-18(13)20-16-9-10-17-14(11-16)6-4-7-15(17)12-19;/h2-3,5,7-11H,4,6,12,19H2,1H3;1H. The zero-order valence-corrected chi connectivity index (χ0v) is 13.0. The molecule has 0 spiro atoms. The van der Waals surface area contributed by atoms with Crippen molar-refractivity contribution >= 4 is 18.0 Å². The quantitative estimate of drug-likeness (QED) is 0.906. The number of benzene rings is 2. The number of nitrogens with two attached hydrogens (primary N) is 1. The van der Waals surface area contributed by atoms with Crippen molar-refractivity contribution in [2.75, 3.05) is 6.54 Å². The van der Waals surface area contributed by atoms with Crippen molar-refractivity contribution in [3.8, 4) is 11.5 Å². The van der Waals surface area contributed by atoms with E-state index >= 15 is 0 Å². The van der Waals surface area contributed by atoms with Gasteiger partial charge in [-0.25, -0.2) is 0 Å². The molecule has 2 nitrogen and oxygen atoms in total. The first kappa shape index (κ1) is 15.6. The summed E-state index contributed by atoms with van der Waals surface area (Å²) in [6.07, 6.45) is 4.36. The molecule has 21 heavy (non-hydrogen) atoms. The van der Waals surface area contributed by atoms with Crippen molar-refractivity contribution in [1.82, 2.24) is 0 Å². The van der Waals surface area contributed by atoms with Crippen molar-refractivity contribution in [1.29, 1.82) is 0 Å². The van der Waals surface area contributed by atoms with E-state index in [9.17, 15) is 0 Å². The molecule has 0 heterocycles. The van der Waals surface area contributed by atoms with Gasteiger partial charge in [0, 0.05) is 6.54 Å². The first-order valence-electron chi connectivity index (χ1n) is 7.04. The lowest BCUT2D eigenvalue weighted by Gasteiger charge is -2.18. The van der Waals surface area contributed by atoms with Crippen LogP contribution in [0.15, 0.2) is 48.5 Å². The van der Waals surface area contributed by atoms with Crippen LogP contribution in [0, 0.1) is 6.92 Å². The van der Waals surface area contributed by atoms with Gasteiger partial charge in [-0.15, -0.1) is 12.4 Å². The molecular weight excluding hydrogens is 282 g/mol. The van der Waals surface area contributed by atoms with Gasteiger partial charge in [-0.1, -0.05) is 30.3 Å². The molecule has 1 aliphatic carbocycles. The smallest absolute Gasteiger partial charge is 0.130 e. The fraction of sp³-hybridized carbons (Fsp3) is 0.222. The summed E-state index contributed by atoms with van der Waals surface area (Å²) in [5.41, 5.74) is 10.8. The number of hydrogen-bond donors (Lipinski definition) is 1. The number of allylic oxidation sites excluding steroid dienone is 1. The van der Waals surface area contributed by atoms with Crippen LogP contribution in [0.1, 0.15) is 23.1 Å². The number of fused-ring (bicyclic) bond motifs is 1. The van der Waals surface area contributed by atoms with E-state index < -0.39 is 0 Å². The predicted molar refractivity (Wildman–Crippen MR) is 90.3 cm³/mol. The third kappa shape index (κ3) is 3.29. The average Bonchev–Trinajstić information content (AvgIpc) is 2.49. The van der Waals surface area contributed by atoms with Gasteiger partial charge in [-0.05, 0) is 60.2 Å². The molecule has 1 aliphatic rings. The Hall–Kier alpha value is -1.77. The van der Waals surface area contributed by atoms with Crippen molar-refractivity contribution in [2.24, 2.45) is 5.73 Å². The van der Waals surface area contributed by atoms with Gasteiger partial charge in [-0.2, -0.15) is 0 Å². The molecule has 3 heteroatoms. The highest BCUT2D eigenvalue weighted by Crippen LogP contribution is 2.31. The van der Waals surface area contributed by atoms with E-state index in [-0.39, 0.29) is 12.4 Å². The number of aryl methyl sites for hydroxylation is 2. The lowest BCUT2D eigenvalue weighted by atomic mass is 9.91. The molecule has 2 aromatic carbocycles. The summed E-state index contributed by atoms with van der Waals surface area (Å²) in [6.45, 7) is 2.66. The zero-order valence-electron chi connectivity index (χ0n) is 12.1. The zero-order chi connectivity index (χ0) is 13.9. The number of halogens is 1. The van der Waals surface area contributed by atoms with E-state index in [2.05, 4.69) is 31.2 Å². The van der Waals surface area contributed by atoms with Gasteiger partial charge in [0.2, 0.25) is 0 Å². The van der Waals surface area contributed by atoms with E-state index in [4.69, 9.17) is 10.5 Å². The van der Waals surface area contributed by atoms with Crippen LogP contribution in [0.2, 0.25) is 0 Å². The maximum Gasteiger partial charge on any atom is 0.130 e. The van der Waals surface area contributed by atoms with Crippen LogP contribution in [0.5, 0.6) is 11.5 Å². The lowest BCUT2D eigenvalue weighted by Crippen LogP contribution is -2.08. The Morgan fingerprint density at radius 3 is 2.71 bits per heavy atom. The van der Waals surface area contributed by atoms with Gasteiger partial charge in [0.1, 0.15) is 11.5 Å². The van der Waals surface area contributed by atoms with E-state index in [0.717, 1.165) is 29.9 Å². The second-order valence-electron chi connectivity index (χ2n) is 5.16. The summed E-state index contributed by atoms with van der Waals surface area (Å²) in [5, 5.41) is 0. The highest BCUT2D eigenvalue weighted by Gasteiger charge is 2.12. The maximum absolute atomic E-state index is 5.99. The van der Waals surface area contributed by atoms with E-state index in [1.165, 1.54) is 16.7 Å². The Balaban J connectivity index is 0.00000161. The fourth-order valence-corrected chi connectivity index (χ4v) is 2.66. The third-order valence-electron chi connectivity index (χ3n) is 3.77. The van der Waals surface area contributed by atoms with E-state index in [1.54, 1.807) is 0 Å². The van der Waals surface area contributed by atoms with Gasteiger partial charge in [0.05, 0.1) is 0 Å². The monoisotopic (exact) mass is 301 g/mol. The van der Waals surface area contributed by atoms with Gasteiger partial charge in [0.15, 0.2) is 0 Å². The van der Waals surface area contributed by atoms with E-state index in [1.807, 2.05) is 24.3 Å². The van der Waals surface area contributed by atoms with Crippen molar-refractivity contribution in [3.63, 3.8) is 0 Å². The Morgan fingerprint density at radius 2 is 1.95 bits per heavy atom. The van der Waals surface area contributed by atoms with Crippen molar-refractivity contribution in [2.45, 2.75) is 19.8 Å². The maximum atomic E-state index is 5.99. The second kappa shape index (κ2) is 6.79. The van der Waals surface area contributed by atoms with Gasteiger partial charge >= 0.3 is 0 Å². The first-order chi connectivity index (χ1) is 9.78. The minimum absolute atomic E-state index is 0. The van der Waals surface area contributed by atoms with Gasteiger partial charge < -0.3 is 10.5 Å². The molecule has 0 saturated heterocycles. The summed E-state index contributed by atoms with van der Waals surface area (Å²) >= 11 is 0. The molecule has 0 bridgehead atoms. The minimum atomic E-state index is 0. The predicted octanol–water partition coefficient (Wildman–Crippen LogP) is 4.50. The molecule has 2 N–H and O–H groups in total. The molecule has 0 fully saturated rings. The number of para-hydroxylation sites is 1. The Labute approximate surface area is 132 Å². The van der Waals surface area contributed by atoms with Crippen LogP contribution in [0.25, 0.3) is 5.57 Å². The Morgan fingerprint density at radius 1 is 1.14 bits per heavy atom. The molecule has 0 amide bonds. The van der Waals surface area contributed by atoms with Crippen LogP contribution < -0.4 is 10.5 Å². The van der Waals surface area contributed by atoms with Crippen LogP contribution in [0.4, 0.5) is 0 Å². The molecule has 3 rings (SSSR count). The molecule has 0 unspecified atom stereocenters. The topological polar surface area (TPSA) is 35.2 Å². The lowest BCUT2D eigenvalue weighted by molar-refractivity contribution is 0.478. The summed E-state index contributed by atoms with van der Waals surface area (Å²) in [7, 11) is 0. The van der Waals surface area contributed by atoms with Crippen LogP contribution in [-0.4, -0.2) is 6.54 Å². The summed E-state index contributed by atoms with van der Waals surface area (Å²) in [4.78, 5) is 0. The number of rotatable bonds is 3. The first-order valence-corrected chi connectivity index (χ1v) is 7.04. The molecule has 2 aromatic rings. The van der Waals surface area contributed by atoms with Crippen LogP contribution >= 0.6 is 12.4 Å². The Kier molecular flexibility index (Phi) is 5.05. The molecule has 0 saturated carbocycles.